The molecule has 1 unspecified atom stereocenters. The third-order valence-electron chi connectivity index (χ3n) is 3.58. The number of rotatable bonds is 7. The maximum Gasteiger partial charge on any atom is 0.123 e. The van der Waals surface area contributed by atoms with Crippen LogP contribution in [-0.2, 0) is 6.54 Å². The predicted molar refractivity (Wildman–Crippen MR) is 71.3 cm³/mol. The topological polar surface area (TPSA) is 21.3 Å². The zero-order valence-corrected chi connectivity index (χ0v) is 10.9. The molecule has 94 valence electrons. The number of hydrogen-bond donors (Lipinski definition) is 1. The lowest BCUT2D eigenvalue weighted by molar-refractivity contribution is 0.399. The molecule has 1 atom stereocenters. The number of hydrogen-bond acceptors (Lipinski definition) is 2. The van der Waals surface area contributed by atoms with Crippen LogP contribution in [0.2, 0.25) is 0 Å². The molecule has 2 nitrogen and oxygen atoms in total. The SMILES string of the molecule is CCC(CC1CC1)NCc1ccccc1OC. The first kappa shape index (κ1) is 12.4. The van der Waals surface area contributed by atoms with E-state index >= 15 is 0 Å². The second-order valence-corrected chi connectivity index (χ2v) is 4.98. The van der Waals surface area contributed by atoms with Gasteiger partial charge in [-0.2, -0.15) is 0 Å². The van der Waals surface area contributed by atoms with Crippen molar-refractivity contribution in [2.24, 2.45) is 5.92 Å². The number of benzene rings is 1. The monoisotopic (exact) mass is 233 g/mol. The first-order valence-electron chi connectivity index (χ1n) is 6.68. The van der Waals surface area contributed by atoms with Gasteiger partial charge in [0, 0.05) is 18.2 Å². The Morgan fingerprint density at radius 2 is 2.12 bits per heavy atom. The van der Waals surface area contributed by atoms with E-state index in [0.29, 0.717) is 6.04 Å². The van der Waals surface area contributed by atoms with Crippen LogP contribution in [0.4, 0.5) is 0 Å². The Kier molecular flexibility index (Phi) is 4.43. The van der Waals surface area contributed by atoms with Crippen molar-refractivity contribution in [1.82, 2.24) is 5.32 Å². The summed E-state index contributed by atoms with van der Waals surface area (Å²) in [5.74, 6) is 1.98. The average Bonchev–Trinajstić information content (AvgIpc) is 3.18. The fourth-order valence-corrected chi connectivity index (χ4v) is 2.25. The fourth-order valence-electron chi connectivity index (χ4n) is 2.25. The van der Waals surface area contributed by atoms with E-state index in [1.165, 1.54) is 31.2 Å². The molecule has 0 bridgehead atoms. The van der Waals surface area contributed by atoms with Crippen LogP contribution < -0.4 is 10.1 Å². The second-order valence-electron chi connectivity index (χ2n) is 4.98. The Morgan fingerprint density at radius 1 is 1.35 bits per heavy atom. The Hall–Kier alpha value is -1.02. The summed E-state index contributed by atoms with van der Waals surface area (Å²) in [5.41, 5.74) is 1.25. The number of nitrogens with one attached hydrogen (secondary N) is 1. The van der Waals surface area contributed by atoms with E-state index in [2.05, 4.69) is 24.4 Å². The molecule has 1 aromatic carbocycles. The smallest absolute Gasteiger partial charge is 0.123 e. The Balaban J connectivity index is 1.86. The first-order valence-corrected chi connectivity index (χ1v) is 6.68. The molecule has 1 N–H and O–H groups in total. The van der Waals surface area contributed by atoms with E-state index in [9.17, 15) is 0 Å². The van der Waals surface area contributed by atoms with E-state index in [1.807, 2.05) is 12.1 Å². The van der Waals surface area contributed by atoms with Gasteiger partial charge in [-0.3, -0.25) is 0 Å². The Labute approximate surface area is 104 Å². The van der Waals surface area contributed by atoms with Crippen molar-refractivity contribution in [2.75, 3.05) is 7.11 Å². The summed E-state index contributed by atoms with van der Waals surface area (Å²) < 4.78 is 5.36. The molecule has 2 rings (SSSR count). The van der Waals surface area contributed by atoms with Gasteiger partial charge in [0.1, 0.15) is 5.75 Å². The third kappa shape index (κ3) is 3.74. The molecule has 0 heterocycles. The van der Waals surface area contributed by atoms with Crippen LogP contribution in [-0.4, -0.2) is 13.2 Å². The maximum absolute atomic E-state index is 5.36. The minimum Gasteiger partial charge on any atom is -0.496 e. The van der Waals surface area contributed by atoms with E-state index in [4.69, 9.17) is 4.74 Å². The van der Waals surface area contributed by atoms with Crippen molar-refractivity contribution in [2.45, 2.75) is 45.2 Å². The Morgan fingerprint density at radius 3 is 2.76 bits per heavy atom. The molecule has 1 fully saturated rings. The molecule has 0 spiro atoms. The van der Waals surface area contributed by atoms with Gasteiger partial charge < -0.3 is 10.1 Å². The van der Waals surface area contributed by atoms with Gasteiger partial charge in [0.2, 0.25) is 0 Å². The Bertz CT molecular complexity index is 347. The third-order valence-corrected chi connectivity index (χ3v) is 3.58. The number of methoxy groups -OCH3 is 1. The van der Waals surface area contributed by atoms with Gasteiger partial charge in [0.15, 0.2) is 0 Å². The van der Waals surface area contributed by atoms with Crippen LogP contribution in [0, 0.1) is 5.92 Å². The lowest BCUT2D eigenvalue weighted by Gasteiger charge is -2.17. The molecule has 1 aliphatic rings. The molecule has 0 amide bonds. The molecular formula is C15H23NO. The summed E-state index contributed by atoms with van der Waals surface area (Å²) in [6.07, 6.45) is 5.43. The molecule has 2 heteroatoms. The van der Waals surface area contributed by atoms with Gasteiger partial charge in [0.05, 0.1) is 7.11 Å². The van der Waals surface area contributed by atoms with Crippen LogP contribution in [0.15, 0.2) is 24.3 Å². The van der Waals surface area contributed by atoms with Gasteiger partial charge in [-0.25, -0.2) is 0 Å². The van der Waals surface area contributed by atoms with Crippen LogP contribution in [0.3, 0.4) is 0 Å². The highest BCUT2D eigenvalue weighted by Gasteiger charge is 2.24. The minimum atomic E-state index is 0.660. The van der Waals surface area contributed by atoms with Crippen molar-refractivity contribution in [3.05, 3.63) is 29.8 Å². The number of ether oxygens (including phenoxy) is 1. The summed E-state index contributed by atoms with van der Waals surface area (Å²) in [7, 11) is 1.74. The second kappa shape index (κ2) is 6.06. The molecule has 0 radical (unpaired) electrons. The van der Waals surface area contributed by atoms with Crippen molar-refractivity contribution in [3.63, 3.8) is 0 Å². The van der Waals surface area contributed by atoms with Gasteiger partial charge in [-0.15, -0.1) is 0 Å². The van der Waals surface area contributed by atoms with Gasteiger partial charge in [0.25, 0.3) is 0 Å². The largest absolute Gasteiger partial charge is 0.496 e. The highest BCUT2D eigenvalue weighted by atomic mass is 16.5. The lowest BCUT2D eigenvalue weighted by Crippen LogP contribution is -2.28. The number of para-hydroxylation sites is 1. The molecule has 0 aliphatic heterocycles. The van der Waals surface area contributed by atoms with E-state index in [-0.39, 0.29) is 0 Å². The minimum absolute atomic E-state index is 0.660. The highest BCUT2D eigenvalue weighted by molar-refractivity contribution is 5.33. The van der Waals surface area contributed by atoms with Crippen LogP contribution in [0.5, 0.6) is 5.75 Å². The first-order chi connectivity index (χ1) is 8.33. The van der Waals surface area contributed by atoms with E-state index in [0.717, 1.165) is 18.2 Å². The maximum atomic E-state index is 5.36. The average molecular weight is 233 g/mol. The van der Waals surface area contributed by atoms with Crippen LogP contribution in [0.1, 0.15) is 38.2 Å². The van der Waals surface area contributed by atoms with Gasteiger partial charge in [-0.1, -0.05) is 38.0 Å². The highest BCUT2D eigenvalue weighted by Crippen LogP contribution is 2.34. The molecule has 1 aromatic rings. The van der Waals surface area contributed by atoms with Crippen LogP contribution in [0.25, 0.3) is 0 Å². The molecule has 0 saturated heterocycles. The van der Waals surface area contributed by atoms with Gasteiger partial charge in [-0.05, 0) is 24.8 Å². The van der Waals surface area contributed by atoms with Crippen molar-refractivity contribution >= 4 is 0 Å². The van der Waals surface area contributed by atoms with E-state index in [1.54, 1.807) is 7.11 Å². The summed E-state index contributed by atoms with van der Waals surface area (Å²) in [6.45, 7) is 3.18. The van der Waals surface area contributed by atoms with Gasteiger partial charge >= 0.3 is 0 Å². The molecule has 1 aliphatic carbocycles. The molecule has 0 aromatic heterocycles. The van der Waals surface area contributed by atoms with Crippen molar-refractivity contribution in [3.8, 4) is 5.75 Å². The summed E-state index contributed by atoms with van der Waals surface area (Å²) >= 11 is 0. The zero-order valence-electron chi connectivity index (χ0n) is 10.9. The lowest BCUT2D eigenvalue weighted by atomic mass is 10.1. The van der Waals surface area contributed by atoms with Crippen LogP contribution >= 0.6 is 0 Å². The predicted octanol–water partition coefficient (Wildman–Crippen LogP) is 3.36. The fraction of sp³-hybridized carbons (Fsp3) is 0.600. The molecule has 17 heavy (non-hydrogen) atoms. The standard InChI is InChI=1S/C15H23NO/c1-3-14(10-12-8-9-12)16-11-13-6-4-5-7-15(13)17-2/h4-7,12,14,16H,3,8-11H2,1-2H3. The zero-order chi connectivity index (χ0) is 12.1. The summed E-state index contributed by atoms with van der Waals surface area (Å²) in [4.78, 5) is 0. The quantitative estimate of drug-likeness (QED) is 0.779. The summed E-state index contributed by atoms with van der Waals surface area (Å²) in [5, 5.41) is 3.65. The molecular weight excluding hydrogens is 210 g/mol. The molecule has 1 saturated carbocycles. The van der Waals surface area contributed by atoms with E-state index < -0.39 is 0 Å². The normalized spacial score (nSPS) is 16.8. The van der Waals surface area contributed by atoms with Crippen molar-refractivity contribution < 1.29 is 4.74 Å². The summed E-state index contributed by atoms with van der Waals surface area (Å²) in [6, 6.07) is 8.91. The van der Waals surface area contributed by atoms with Crippen molar-refractivity contribution in [1.29, 1.82) is 0 Å².